The summed E-state index contributed by atoms with van der Waals surface area (Å²) < 4.78 is 12.5. The maximum Gasteiger partial charge on any atom is 0.310 e. The number of imidazole rings is 1. The molecule has 12 N–H and O–H groups in total. The SMILES string of the molecule is CC1(CO)CC2CCCC3CC2(C(=O)O)C(C1)C1=CCC2C4(C)C(CC5CC(=O)NC5C(CCC(N)O)c5cnc[nH]5)C(O)C(OC5OCC(O)C(O)C5O)C(C)(CO)C4CCC2(C)C13C. The number of hydrogen-bond acceptors (Lipinski definition) is 13. The largest absolute Gasteiger partial charge is 0.481 e. The lowest BCUT2D eigenvalue weighted by Crippen LogP contribution is -2.73. The molecule has 9 rings (SSSR count). The smallest absolute Gasteiger partial charge is 0.310 e. The zero-order valence-corrected chi connectivity index (χ0v) is 39.5. The molecule has 2 aliphatic heterocycles. The molecule has 5 saturated carbocycles. The Morgan fingerprint density at radius 2 is 1.71 bits per heavy atom. The Kier molecular flexibility index (Phi) is 12.6. The minimum absolute atomic E-state index is 0.00132. The van der Waals surface area contributed by atoms with Gasteiger partial charge in [0, 0.05) is 42.3 Å². The Morgan fingerprint density at radius 1 is 0.970 bits per heavy atom. The van der Waals surface area contributed by atoms with E-state index in [2.05, 4.69) is 49.1 Å². The minimum atomic E-state index is -1.63. The second-order valence-corrected chi connectivity index (χ2v) is 23.9. The van der Waals surface area contributed by atoms with Gasteiger partial charge in [0.15, 0.2) is 6.29 Å². The predicted octanol–water partition coefficient (Wildman–Crippen LogP) is 2.93. The van der Waals surface area contributed by atoms with Crippen molar-refractivity contribution < 1.29 is 59.9 Å². The number of aromatic nitrogens is 2. The molecule has 2 saturated heterocycles. The molecule has 0 radical (unpaired) electrons. The van der Waals surface area contributed by atoms with E-state index in [9.17, 15) is 50.4 Å². The highest BCUT2D eigenvalue weighted by Crippen LogP contribution is 2.79. The molecule has 66 heavy (non-hydrogen) atoms. The van der Waals surface area contributed by atoms with Gasteiger partial charge in [-0.15, -0.1) is 0 Å². The molecular weight excluding hydrogens is 849 g/mol. The fourth-order valence-corrected chi connectivity index (χ4v) is 17.7. The summed E-state index contributed by atoms with van der Waals surface area (Å²) in [5.74, 6) is -2.48. The van der Waals surface area contributed by atoms with Crippen molar-refractivity contribution >= 4 is 11.9 Å². The number of rotatable bonds is 12. The van der Waals surface area contributed by atoms with Crippen LogP contribution in [0.2, 0.25) is 0 Å². The molecule has 7 fully saturated rings. The fourth-order valence-electron chi connectivity index (χ4n) is 17.7. The van der Waals surface area contributed by atoms with Crippen molar-refractivity contribution in [2.24, 2.45) is 79.6 Å². The molecule has 6 aliphatic carbocycles. The lowest BCUT2D eigenvalue weighted by molar-refractivity contribution is -0.341. The van der Waals surface area contributed by atoms with Gasteiger partial charge in [-0.25, -0.2) is 4.98 Å². The Morgan fingerprint density at radius 3 is 2.38 bits per heavy atom. The Hall–Kier alpha value is -2.51. The van der Waals surface area contributed by atoms with Crippen LogP contribution >= 0.6 is 0 Å². The topological polar surface area (TPSA) is 281 Å². The number of nitrogens with zero attached hydrogens (tertiary/aromatic N) is 1. The molecule has 1 amide bonds. The van der Waals surface area contributed by atoms with Gasteiger partial charge in [0.1, 0.15) is 24.5 Å². The van der Waals surface area contributed by atoms with Crippen molar-refractivity contribution in [3.8, 4) is 0 Å². The number of amides is 1. The molecule has 16 nitrogen and oxygen atoms in total. The lowest BCUT2D eigenvalue weighted by atomic mass is 9.30. The number of nitrogens with one attached hydrogen (secondary N) is 2. The van der Waals surface area contributed by atoms with Gasteiger partial charge in [-0.05, 0) is 134 Å². The summed E-state index contributed by atoms with van der Waals surface area (Å²) in [5.41, 5.74) is 3.98. The number of aliphatic carboxylic acids is 1. The minimum Gasteiger partial charge on any atom is -0.481 e. The number of hydrogen-bond donors (Lipinski definition) is 11. The highest BCUT2D eigenvalue weighted by Gasteiger charge is 2.76. The van der Waals surface area contributed by atoms with E-state index in [1.165, 1.54) is 5.57 Å². The maximum atomic E-state index is 13.9. The lowest BCUT2D eigenvalue weighted by Gasteiger charge is -2.75. The predicted molar refractivity (Wildman–Crippen MR) is 239 cm³/mol. The molecule has 1 aromatic heterocycles. The van der Waals surface area contributed by atoms with Crippen LogP contribution in [-0.2, 0) is 19.1 Å². The number of aliphatic hydroxyl groups excluding tert-OH is 7. The van der Waals surface area contributed by atoms with Gasteiger partial charge in [0.2, 0.25) is 5.91 Å². The van der Waals surface area contributed by atoms with Crippen LogP contribution in [0.5, 0.6) is 0 Å². The Labute approximate surface area is 388 Å². The zero-order chi connectivity index (χ0) is 47.5. The average Bonchev–Trinajstić information content (AvgIpc) is 3.89. The van der Waals surface area contributed by atoms with Gasteiger partial charge in [0.05, 0.1) is 37.2 Å². The van der Waals surface area contributed by atoms with E-state index in [1.807, 2.05) is 6.92 Å². The van der Waals surface area contributed by atoms with E-state index >= 15 is 0 Å². The molecule has 1 aromatic rings. The number of aliphatic hydroxyl groups is 7. The van der Waals surface area contributed by atoms with E-state index in [4.69, 9.17) is 15.2 Å². The zero-order valence-electron chi connectivity index (χ0n) is 39.5. The first-order chi connectivity index (χ1) is 31.1. The molecule has 22 unspecified atom stereocenters. The fraction of sp³-hybridized carbons (Fsp3) is 0.860. The number of fused-ring (bicyclic) bond motifs is 8. The average molecular weight is 927 g/mol. The number of carbonyl (C=O) groups is 2. The van der Waals surface area contributed by atoms with Crippen molar-refractivity contribution in [3.63, 3.8) is 0 Å². The summed E-state index contributed by atoms with van der Waals surface area (Å²) in [6.45, 7) is 10.5. The first-order valence-corrected chi connectivity index (χ1v) is 25.0. The van der Waals surface area contributed by atoms with Crippen molar-refractivity contribution in [1.29, 1.82) is 0 Å². The Bertz CT molecular complexity index is 2010. The second kappa shape index (κ2) is 17.1. The van der Waals surface area contributed by atoms with E-state index in [1.54, 1.807) is 12.5 Å². The number of carboxylic acids is 1. The molecule has 370 valence electrons. The van der Waals surface area contributed by atoms with Crippen LogP contribution < -0.4 is 11.1 Å². The number of aromatic amines is 1. The third-order valence-electron chi connectivity index (χ3n) is 21.0. The standard InChI is InChI=1S/C50H78N4O12/c1-45(22-55)17-27-8-6-7-26-18-50(27,44(63)64)31(19-45)29-10-11-35-47(3,49(26,29)5)14-13-34-46(2,23-56)42(66-43-41(62)40(61)33(57)21-65-43)39(60)30(48(34,35)4)15-25-16-37(59)54-38(25)28(9-12-36(51)58)32-20-52-24-53-32/h10,20,24-28,30-31,33-36,38-43,55-58,60-62H,6-9,11-19,21-23,51H2,1-5H3,(H,52,53)(H,54,59)(H,63,64). The Balaban J connectivity index is 1.17. The van der Waals surface area contributed by atoms with Crippen molar-refractivity contribution in [3.05, 3.63) is 29.9 Å². The van der Waals surface area contributed by atoms with Crippen LogP contribution in [0.1, 0.15) is 130 Å². The van der Waals surface area contributed by atoms with Crippen LogP contribution in [-0.4, -0.2) is 132 Å². The first-order valence-electron chi connectivity index (χ1n) is 25.0. The molecule has 0 aromatic carbocycles. The van der Waals surface area contributed by atoms with E-state index in [-0.39, 0.29) is 80.0 Å². The van der Waals surface area contributed by atoms with Crippen LogP contribution in [0, 0.1) is 73.9 Å². The van der Waals surface area contributed by atoms with Crippen molar-refractivity contribution in [2.75, 3.05) is 19.8 Å². The van der Waals surface area contributed by atoms with Crippen LogP contribution in [0.4, 0.5) is 0 Å². The first kappa shape index (κ1) is 48.5. The molecule has 3 heterocycles. The van der Waals surface area contributed by atoms with Crippen molar-refractivity contribution in [2.45, 2.75) is 173 Å². The molecule has 8 aliphatic rings. The number of nitrogens with two attached hydrogens (primary N) is 1. The summed E-state index contributed by atoms with van der Waals surface area (Å²) in [5, 5.41) is 93.1. The monoisotopic (exact) mass is 927 g/mol. The van der Waals surface area contributed by atoms with Gasteiger partial charge < -0.3 is 66.4 Å². The van der Waals surface area contributed by atoms with Gasteiger partial charge in [-0.3, -0.25) is 9.59 Å². The normalized spacial score (nSPS) is 50.7. The third kappa shape index (κ3) is 6.98. The molecule has 2 bridgehead atoms. The summed E-state index contributed by atoms with van der Waals surface area (Å²) in [6, 6.07) is -0.407. The number of ether oxygens (including phenoxy) is 2. The van der Waals surface area contributed by atoms with E-state index < -0.39 is 93.5 Å². The summed E-state index contributed by atoms with van der Waals surface area (Å²) in [7, 11) is 0. The molecule has 0 spiro atoms. The summed E-state index contributed by atoms with van der Waals surface area (Å²) in [6.07, 6.45) is 4.21. The number of carboxylic acid groups (broad SMARTS) is 1. The van der Waals surface area contributed by atoms with E-state index in [0.717, 1.165) is 31.4 Å². The number of H-pyrrole nitrogens is 1. The summed E-state index contributed by atoms with van der Waals surface area (Å²) >= 11 is 0. The van der Waals surface area contributed by atoms with Gasteiger partial charge in [-0.1, -0.05) is 52.7 Å². The second-order valence-electron chi connectivity index (χ2n) is 23.9. The molecule has 16 heteroatoms. The van der Waals surface area contributed by atoms with Crippen molar-refractivity contribution in [1.82, 2.24) is 15.3 Å². The highest BCUT2D eigenvalue weighted by molar-refractivity contribution is 5.79. The summed E-state index contributed by atoms with van der Waals surface area (Å²) in [4.78, 5) is 35.1. The van der Waals surface area contributed by atoms with Gasteiger partial charge >= 0.3 is 5.97 Å². The molecule has 22 atom stereocenters. The van der Waals surface area contributed by atoms with Gasteiger partial charge in [0.25, 0.3) is 0 Å². The van der Waals surface area contributed by atoms with Gasteiger partial charge in [-0.2, -0.15) is 0 Å². The van der Waals surface area contributed by atoms with E-state index in [0.29, 0.717) is 44.9 Å². The van der Waals surface area contributed by atoms with Crippen LogP contribution in [0.25, 0.3) is 0 Å². The van der Waals surface area contributed by atoms with Crippen LogP contribution in [0.3, 0.4) is 0 Å². The number of allylic oxidation sites excluding steroid dienone is 2. The maximum absolute atomic E-state index is 13.9. The number of carbonyl (C=O) groups excluding carboxylic acids is 1. The van der Waals surface area contributed by atoms with Crippen LogP contribution in [0.15, 0.2) is 24.2 Å². The molecular formula is C50H78N4O12. The quantitative estimate of drug-likeness (QED) is 0.0818. The highest BCUT2D eigenvalue weighted by atomic mass is 16.7. The third-order valence-corrected chi connectivity index (χ3v) is 21.0.